The molecule has 6 N–H and O–H groups in total. The molecule has 0 saturated heterocycles. The molecule has 0 radical (unpaired) electrons. The van der Waals surface area contributed by atoms with E-state index in [4.69, 9.17) is 15.9 Å². The summed E-state index contributed by atoms with van der Waals surface area (Å²) in [6, 6.07) is -0.638. The van der Waals surface area contributed by atoms with Crippen molar-refractivity contribution in [2.24, 2.45) is 5.73 Å². The summed E-state index contributed by atoms with van der Waals surface area (Å²) in [4.78, 5) is 31.1. The van der Waals surface area contributed by atoms with Crippen LogP contribution in [0.4, 0.5) is 0 Å². The fraction of sp³-hybridized carbons (Fsp3) is 0.800. The fourth-order valence-corrected chi connectivity index (χ4v) is 2.37. The van der Waals surface area contributed by atoms with E-state index >= 15 is 0 Å². The Hall–Kier alpha value is -1.67. The van der Waals surface area contributed by atoms with Crippen molar-refractivity contribution < 1.29 is 24.6 Å². The Bertz CT molecular complexity index is 383. The second-order valence-electron chi connectivity index (χ2n) is 5.75. The molecule has 2 atom stereocenters. The summed E-state index contributed by atoms with van der Waals surface area (Å²) in [6.07, 6.45) is 6.39. The minimum atomic E-state index is -0.964. The Morgan fingerprint density at radius 3 is 2.09 bits per heavy atom. The lowest BCUT2D eigenvalue weighted by molar-refractivity contribution is -0.140. The third-order valence-corrected chi connectivity index (χ3v) is 3.79. The molecule has 23 heavy (non-hydrogen) atoms. The minimum absolute atomic E-state index is 0.0950. The fourth-order valence-electron chi connectivity index (χ4n) is 2.37. The SMILES string of the molecule is CC(NC1CCCCC1)C(=O)O.CN[C@@H](CCC(N)=O)C(=O)O. The summed E-state index contributed by atoms with van der Waals surface area (Å²) < 4.78 is 0. The van der Waals surface area contributed by atoms with Crippen molar-refractivity contribution in [3.63, 3.8) is 0 Å². The summed E-state index contributed by atoms with van der Waals surface area (Å²) in [5.74, 6) is -2.19. The van der Waals surface area contributed by atoms with Crippen LogP contribution in [0.1, 0.15) is 51.9 Å². The van der Waals surface area contributed by atoms with Crippen LogP contribution in [0.5, 0.6) is 0 Å². The van der Waals surface area contributed by atoms with Gasteiger partial charge in [-0.3, -0.25) is 14.4 Å². The molecule has 0 aliphatic heterocycles. The molecule has 8 heteroatoms. The van der Waals surface area contributed by atoms with E-state index in [9.17, 15) is 14.4 Å². The predicted molar refractivity (Wildman–Crippen MR) is 86.0 cm³/mol. The normalized spacial score (nSPS) is 17.5. The van der Waals surface area contributed by atoms with Crippen LogP contribution in [0.25, 0.3) is 0 Å². The monoisotopic (exact) mass is 331 g/mol. The molecule has 0 bridgehead atoms. The van der Waals surface area contributed by atoms with Gasteiger partial charge >= 0.3 is 11.9 Å². The molecule has 1 rings (SSSR count). The molecule has 1 aliphatic rings. The smallest absolute Gasteiger partial charge is 0.320 e. The van der Waals surface area contributed by atoms with Gasteiger partial charge in [-0.25, -0.2) is 0 Å². The number of hydrogen-bond acceptors (Lipinski definition) is 5. The van der Waals surface area contributed by atoms with Gasteiger partial charge < -0.3 is 26.6 Å². The Labute approximate surface area is 136 Å². The van der Waals surface area contributed by atoms with Crippen LogP contribution in [0.2, 0.25) is 0 Å². The van der Waals surface area contributed by atoms with E-state index in [0.29, 0.717) is 6.04 Å². The van der Waals surface area contributed by atoms with Gasteiger partial charge in [0.15, 0.2) is 0 Å². The summed E-state index contributed by atoms with van der Waals surface area (Å²) in [7, 11) is 1.53. The number of nitrogens with one attached hydrogen (secondary N) is 2. The molecule has 1 amide bonds. The zero-order chi connectivity index (χ0) is 17.8. The number of nitrogens with two attached hydrogens (primary N) is 1. The van der Waals surface area contributed by atoms with Crippen molar-refractivity contribution in [2.45, 2.75) is 70.0 Å². The van der Waals surface area contributed by atoms with E-state index in [-0.39, 0.29) is 12.8 Å². The molecule has 1 aliphatic carbocycles. The Morgan fingerprint density at radius 2 is 1.70 bits per heavy atom. The number of primary amides is 1. The Morgan fingerprint density at radius 1 is 1.13 bits per heavy atom. The predicted octanol–water partition coefficient (Wildman–Crippen LogP) is 0.306. The van der Waals surface area contributed by atoms with Crippen LogP contribution < -0.4 is 16.4 Å². The second kappa shape index (κ2) is 11.8. The molecule has 134 valence electrons. The molecule has 1 saturated carbocycles. The number of carbonyl (C=O) groups is 3. The largest absolute Gasteiger partial charge is 0.480 e. The molecule has 0 aromatic rings. The zero-order valence-electron chi connectivity index (χ0n) is 13.9. The third kappa shape index (κ3) is 10.6. The molecule has 8 nitrogen and oxygen atoms in total. The maximum Gasteiger partial charge on any atom is 0.320 e. The van der Waals surface area contributed by atoms with Crippen LogP contribution >= 0.6 is 0 Å². The molecular formula is C15H29N3O5. The number of likely N-dealkylation sites (N-methyl/N-ethyl adjacent to an activating group) is 1. The van der Waals surface area contributed by atoms with Crippen LogP contribution in [-0.4, -0.2) is 53.2 Å². The van der Waals surface area contributed by atoms with Gasteiger partial charge in [-0.15, -0.1) is 0 Å². The maximum absolute atomic E-state index is 10.5. The average Bonchev–Trinajstić information content (AvgIpc) is 2.48. The number of carbonyl (C=O) groups excluding carboxylic acids is 1. The molecule has 0 aromatic carbocycles. The lowest BCUT2D eigenvalue weighted by Gasteiger charge is -2.24. The van der Waals surface area contributed by atoms with Gasteiger partial charge in [0.2, 0.25) is 5.91 Å². The van der Waals surface area contributed by atoms with Gasteiger partial charge in [0.05, 0.1) is 0 Å². The van der Waals surface area contributed by atoms with Crippen molar-refractivity contribution in [1.82, 2.24) is 10.6 Å². The minimum Gasteiger partial charge on any atom is -0.480 e. The van der Waals surface area contributed by atoms with Gasteiger partial charge in [-0.05, 0) is 33.2 Å². The van der Waals surface area contributed by atoms with E-state index in [2.05, 4.69) is 10.6 Å². The Kier molecular flexibility index (Phi) is 11.0. The number of rotatable bonds is 8. The number of aliphatic carboxylic acids is 2. The van der Waals surface area contributed by atoms with E-state index < -0.39 is 29.9 Å². The lowest BCUT2D eigenvalue weighted by Crippen LogP contribution is -2.42. The van der Waals surface area contributed by atoms with E-state index in [1.165, 1.54) is 26.3 Å². The third-order valence-electron chi connectivity index (χ3n) is 3.79. The quantitative estimate of drug-likeness (QED) is 0.431. The van der Waals surface area contributed by atoms with E-state index in [1.54, 1.807) is 6.92 Å². The molecule has 0 heterocycles. The lowest BCUT2D eigenvalue weighted by atomic mass is 9.95. The van der Waals surface area contributed by atoms with Crippen molar-refractivity contribution in [1.29, 1.82) is 0 Å². The summed E-state index contributed by atoms with van der Waals surface area (Å²) in [6.45, 7) is 1.71. The second-order valence-corrected chi connectivity index (χ2v) is 5.75. The van der Waals surface area contributed by atoms with Gasteiger partial charge in [-0.1, -0.05) is 19.3 Å². The van der Waals surface area contributed by atoms with Crippen molar-refractivity contribution in [3.05, 3.63) is 0 Å². The average molecular weight is 331 g/mol. The molecule has 1 unspecified atom stereocenters. The number of carboxylic acid groups (broad SMARTS) is 2. The summed E-state index contributed by atoms with van der Waals surface area (Å²) in [5.41, 5.74) is 4.84. The topological polar surface area (TPSA) is 142 Å². The van der Waals surface area contributed by atoms with E-state index in [0.717, 1.165) is 12.8 Å². The van der Waals surface area contributed by atoms with Crippen LogP contribution in [0.3, 0.4) is 0 Å². The number of carboxylic acids is 2. The molecule has 0 spiro atoms. The first-order valence-corrected chi connectivity index (χ1v) is 7.95. The number of hydrogen-bond donors (Lipinski definition) is 5. The molecular weight excluding hydrogens is 302 g/mol. The van der Waals surface area contributed by atoms with Crippen LogP contribution in [0.15, 0.2) is 0 Å². The first-order chi connectivity index (χ1) is 10.8. The van der Waals surface area contributed by atoms with Gasteiger partial charge in [0, 0.05) is 12.5 Å². The van der Waals surface area contributed by atoms with Gasteiger partial charge in [0.1, 0.15) is 12.1 Å². The summed E-state index contributed by atoms with van der Waals surface area (Å²) >= 11 is 0. The van der Waals surface area contributed by atoms with Crippen molar-refractivity contribution in [2.75, 3.05) is 7.05 Å². The maximum atomic E-state index is 10.5. The first-order valence-electron chi connectivity index (χ1n) is 7.95. The van der Waals surface area contributed by atoms with Crippen molar-refractivity contribution >= 4 is 17.8 Å². The van der Waals surface area contributed by atoms with Gasteiger partial charge in [-0.2, -0.15) is 0 Å². The highest BCUT2D eigenvalue weighted by atomic mass is 16.4. The van der Waals surface area contributed by atoms with E-state index in [1.807, 2.05) is 0 Å². The van der Waals surface area contributed by atoms with Gasteiger partial charge in [0.25, 0.3) is 0 Å². The Balaban J connectivity index is 0.000000423. The summed E-state index contributed by atoms with van der Waals surface area (Å²) in [5, 5.41) is 22.8. The number of amides is 1. The zero-order valence-corrected chi connectivity index (χ0v) is 13.9. The van der Waals surface area contributed by atoms with Crippen LogP contribution in [-0.2, 0) is 14.4 Å². The molecule has 1 fully saturated rings. The first kappa shape index (κ1) is 21.3. The van der Waals surface area contributed by atoms with Crippen LogP contribution in [0, 0.1) is 0 Å². The van der Waals surface area contributed by atoms with Crippen molar-refractivity contribution in [3.8, 4) is 0 Å². The molecule has 0 aromatic heterocycles. The highest BCUT2D eigenvalue weighted by Crippen LogP contribution is 2.17. The highest BCUT2D eigenvalue weighted by Gasteiger charge is 2.18. The highest BCUT2D eigenvalue weighted by molar-refractivity contribution is 5.77. The standard InChI is InChI=1S/C9H17NO2.C6H12N2O3/c1-7(9(11)12)10-8-5-3-2-4-6-8;1-8-4(6(10)11)2-3-5(7)9/h7-8,10H,2-6H2,1H3,(H,11,12);4,8H,2-3H2,1H3,(H2,7,9)(H,10,11)/t;4-/m.0/s1.